The van der Waals surface area contributed by atoms with Crippen molar-refractivity contribution >= 4 is 23.4 Å². The highest BCUT2D eigenvalue weighted by Gasteiger charge is 2.49. The number of nitrogens with zero attached hydrogens (tertiary/aromatic N) is 4. The van der Waals surface area contributed by atoms with Crippen molar-refractivity contribution in [2.75, 3.05) is 58.9 Å². The predicted octanol–water partition coefficient (Wildman–Crippen LogP) is 2.37. The van der Waals surface area contributed by atoms with E-state index in [9.17, 15) is 14.4 Å². The fourth-order valence-electron chi connectivity index (χ4n) is 5.27. The molecule has 184 valence electrons. The number of amides is 3. The third kappa shape index (κ3) is 3.80. The Labute approximate surface area is 204 Å². The smallest absolute Gasteiger partial charge is 0.264 e. The van der Waals surface area contributed by atoms with Crippen molar-refractivity contribution in [2.45, 2.75) is 19.0 Å². The summed E-state index contributed by atoms with van der Waals surface area (Å²) in [5, 5.41) is 0. The number of ether oxygens (including phenoxy) is 2. The van der Waals surface area contributed by atoms with Crippen LogP contribution in [0, 0.1) is 0 Å². The minimum Gasteiger partial charge on any atom is -0.493 e. The van der Waals surface area contributed by atoms with Gasteiger partial charge in [-0.1, -0.05) is 18.2 Å². The number of likely N-dealkylation sites (N-methyl/N-ethyl adjacent to an activating group) is 1. The summed E-state index contributed by atoms with van der Waals surface area (Å²) in [6.07, 6.45) is 0.271. The number of fused-ring (bicyclic) bond motifs is 5. The lowest BCUT2D eigenvalue weighted by Gasteiger charge is -2.41. The molecular weight excluding hydrogens is 448 g/mol. The molecule has 35 heavy (non-hydrogen) atoms. The van der Waals surface area contributed by atoms with E-state index in [0.717, 1.165) is 26.2 Å². The molecule has 0 radical (unpaired) electrons. The third-order valence-corrected chi connectivity index (χ3v) is 7.13. The molecule has 5 rings (SSSR count). The number of piperazine rings is 1. The highest BCUT2D eigenvalue weighted by atomic mass is 16.5. The number of benzene rings is 2. The molecule has 0 spiro atoms. The highest BCUT2D eigenvalue weighted by Crippen LogP contribution is 2.49. The maximum absolute atomic E-state index is 13.7. The van der Waals surface area contributed by atoms with Crippen molar-refractivity contribution in [3.63, 3.8) is 0 Å². The maximum Gasteiger partial charge on any atom is 0.264 e. The molecule has 1 atom stereocenters. The molecule has 3 aliphatic heterocycles. The van der Waals surface area contributed by atoms with E-state index in [4.69, 9.17) is 9.47 Å². The Morgan fingerprint density at radius 3 is 2.43 bits per heavy atom. The van der Waals surface area contributed by atoms with Crippen LogP contribution in [0.1, 0.15) is 45.3 Å². The van der Waals surface area contributed by atoms with Crippen LogP contribution in [-0.4, -0.2) is 86.4 Å². The van der Waals surface area contributed by atoms with Gasteiger partial charge < -0.3 is 24.2 Å². The molecule has 9 nitrogen and oxygen atoms in total. The Bertz CT molecular complexity index is 1170. The van der Waals surface area contributed by atoms with Gasteiger partial charge in [-0.2, -0.15) is 0 Å². The molecular formula is C26H30N4O5. The lowest BCUT2D eigenvalue weighted by atomic mass is 10.0. The van der Waals surface area contributed by atoms with Crippen molar-refractivity contribution in [3.05, 3.63) is 53.1 Å². The molecule has 9 heteroatoms. The first kappa shape index (κ1) is 23.2. The van der Waals surface area contributed by atoms with Gasteiger partial charge in [0.2, 0.25) is 5.91 Å². The topological polar surface area (TPSA) is 82.6 Å². The summed E-state index contributed by atoms with van der Waals surface area (Å²) in [5.41, 5.74) is 2.15. The van der Waals surface area contributed by atoms with Crippen LogP contribution in [0.2, 0.25) is 0 Å². The third-order valence-electron chi connectivity index (χ3n) is 7.13. The van der Waals surface area contributed by atoms with Gasteiger partial charge in [0.05, 0.1) is 31.0 Å². The standard InChI is InChI=1S/C26H30N4O5/c1-27-13-15-28(16-14-27)21(31)9-6-12-29-24-18-10-11-20(34-2)23(35-3)22(18)26(33)30(24)19-8-5-4-7-17(19)25(29)32/h4-5,7-8,10-11,24H,6,9,12-16H2,1-3H3/t24-/m0/s1. The first-order chi connectivity index (χ1) is 17.0. The molecule has 3 aliphatic rings. The SMILES string of the molecule is COc1ccc2c(c1OC)C(=O)N1c3ccccc3C(=O)N(CCCC(=O)N3CCN(C)CC3)[C@H]21. The summed E-state index contributed by atoms with van der Waals surface area (Å²) >= 11 is 0. The zero-order valence-electron chi connectivity index (χ0n) is 20.3. The van der Waals surface area contributed by atoms with Crippen LogP contribution < -0.4 is 14.4 Å². The quantitative estimate of drug-likeness (QED) is 0.634. The molecule has 3 amide bonds. The first-order valence-corrected chi connectivity index (χ1v) is 11.9. The number of methoxy groups -OCH3 is 2. The average molecular weight is 479 g/mol. The van der Waals surface area contributed by atoms with E-state index < -0.39 is 6.17 Å². The minimum atomic E-state index is -0.599. The lowest BCUT2D eigenvalue weighted by molar-refractivity contribution is -0.132. The second kappa shape index (κ2) is 9.22. The first-order valence-electron chi connectivity index (χ1n) is 11.9. The number of anilines is 1. The van der Waals surface area contributed by atoms with E-state index in [2.05, 4.69) is 11.9 Å². The van der Waals surface area contributed by atoms with Crippen molar-refractivity contribution in [1.82, 2.24) is 14.7 Å². The second-order valence-electron chi connectivity index (χ2n) is 9.12. The van der Waals surface area contributed by atoms with Crippen LogP contribution in [0.3, 0.4) is 0 Å². The van der Waals surface area contributed by atoms with Crippen molar-refractivity contribution in [3.8, 4) is 11.5 Å². The van der Waals surface area contributed by atoms with E-state index >= 15 is 0 Å². The van der Waals surface area contributed by atoms with Crippen LogP contribution in [0.4, 0.5) is 5.69 Å². The molecule has 2 aromatic rings. The zero-order chi connectivity index (χ0) is 24.7. The highest BCUT2D eigenvalue weighted by molar-refractivity contribution is 6.18. The Balaban J connectivity index is 1.45. The lowest BCUT2D eigenvalue weighted by Crippen LogP contribution is -2.49. The summed E-state index contributed by atoms with van der Waals surface area (Å²) in [4.78, 5) is 47.5. The van der Waals surface area contributed by atoms with Gasteiger partial charge in [0.15, 0.2) is 11.5 Å². The molecule has 1 saturated heterocycles. The van der Waals surface area contributed by atoms with E-state index in [-0.39, 0.29) is 17.7 Å². The fraction of sp³-hybridized carbons (Fsp3) is 0.423. The second-order valence-corrected chi connectivity index (χ2v) is 9.12. The number of carbonyl (C=O) groups excluding carboxylic acids is 3. The fourth-order valence-corrected chi connectivity index (χ4v) is 5.27. The monoisotopic (exact) mass is 478 g/mol. The number of hydrogen-bond donors (Lipinski definition) is 0. The minimum absolute atomic E-state index is 0.106. The summed E-state index contributed by atoms with van der Waals surface area (Å²) in [6, 6.07) is 10.7. The Kier molecular flexibility index (Phi) is 6.10. The van der Waals surface area contributed by atoms with Crippen LogP contribution in [-0.2, 0) is 4.79 Å². The van der Waals surface area contributed by atoms with Gasteiger partial charge >= 0.3 is 0 Å². The summed E-state index contributed by atoms with van der Waals surface area (Å²) < 4.78 is 11.0. The van der Waals surface area contributed by atoms with E-state index in [1.165, 1.54) is 14.2 Å². The Morgan fingerprint density at radius 1 is 0.971 bits per heavy atom. The van der Waals surface area contributed by atoms with E-state index in [1.54, 1.807) is 34.1 Å². The van der Waals surface area contributed by atoms with E-state index in [0.29, 0.717) is 53.3 Å². The summed E-state index contributed by atoms with van der Waals surface area (Å²) in [5.74, 6) is 0.542. The zero-order valence-corrected chi connectivity index (χ0v) is 20.3. The van der Waals surface area contributed by atoms with Gasteiger partial charge in [-0.05, 0) is 31.7 Å². The van der Waals surface area contributed by atoms with Crippen molar-refractivity contribution in [2.24, 2.45) is 0 Å². The van der Waals surface area contributed by atoms with Crippen LogP contribution in [0.25, 0.3) is 0 Å². The van der Waals surface area contributed by atoms with Gasteiger partial charge in [0, 0.05) is 44.7 Å². The Morgan fingerprint density at radius 2 is 1.71 bits per heavy atom. The molecule has 0 bridgehead atoms. The van der Waals surface area contributed by atoms with Gasteiger partial charge in [-0.15, -0.1) is 0 Å². The molecule has 0 aromatic heterocycles. The molecule has 0 unspecified atom stereocenters. The van der Waals surface area contributed by atoms with Crippen LogP contribution in [0.15, 0.2) is 36.4 Å². The van der Waals surface area contributed by atoms with Gasteiger partial charge in [0.1, 0.15) is 6.17 Å². The molecule has 1 fully saturated rings. The molecule has 0 aliphatic carbocycles. The molecule has 0 saturated carbocycles. The summed E-state index contributed by atoms with van der Waals surface area (Å²) in [6.45, 7) is 3.55. The van der Waals surface area contributed by atoms with Crippen molar-refractivity contribution < 1.29 is 23.9 Å². The largest absolute Gasteiger partial charge is 0.493 e. The average Bonchev–Trinajstić information content (AvgIpc) is 3.18. The summed E-state index contributed by atoms with van der Waals surface area (Å²) in [7, 11) is 5.09. The molecule has 3 heterocycles. The van der Waals surface area contributed by atoms with Crippen molar-refractivity contribution in [1.29, 1.82) is 0 Å². The van der Waals surface area contributed by atoms with Crippen LogP contribution >= 0.6 is 0 Å². The normalized spacial score (nSPS) is 19.4. The molecule has 2 aromatic carbocycles. The van der Waals surface area contributed by atoms with Gasteiger partial charge in [-0.25, -0.2) is 0 Å². The maximum atomic E-state index is 13.7. The predicted molar refractivity (Wildman–Crippen MR) is 130 cm³/mol. The van der Waals surface area contributed by atoms with Crippen LogP contribution in [0.5, 0.6) is 11.5 Å². The number of hydrogen-bond acceptors (Lipinski definition) is 6. The number of carbonyl (C=O) groups is 3. The van der Waals surface area contributed by atoms with Gasteiger partial charge in [0.25, 0.3) is 11.8 Å². The Hall–Kier alpha value is -3.59. The van der Waals surface area contributed by atoms with E-state index in [1.807, 2.05) is 17.0 Å². The van der Waals surface area contributed by atoms with Gasteiger partial charge in [-0.3, -0.25) is 19.3 Å². The number of rotatable bonds is 6. The number of para-hydroxylation sites is 1. The molecule has 0 N–H and O–H groups in total.